The number of aromatic amines is 1. The molecule has 0 radical (unpaired) electrons. The summed E-state index contributed by atoms with van der Waals surface area (Å²) in [6, 6.07) is 0. The fraction of sp³-hybridized carbons (Fsp3) is 0.364. The summed E-state index contributed by atoms with van der Waals surface area (Å²) in [4.78, 5) is 11.2. The number of likely N-dealkylation sites (N-methyl/N-ethyl adjacent to an activating group) is 1. The minimum absolute atomic E-state index is 0.0738. The Bertz CT molecular complexity index is 529. The van der Waals surface area contributed by atoms with Crippen LogP contribution in [-0.4, -0.2) is 32.9 Å². The molecule has 0 aromatic carbocycles. The maximum Gasteiger partial charge on any atom is 0.241 e. The summed E-state index contributed by atoms with van der Waals surface area (Å²) >= 11 is 0. The Balaban J connectivity index is 1.91. The molecule has 0 aliphatic heterocycles. The summed E-state index contributed by atoms with van der Waals surface area (Å²) in [6.45, 7) is 2.87. The van der Waals surface area contributed by atoms with E-state index in [1.54, 1.807) is 30.3 Å². The summed E-state index contributed by atoms with van der Waals surface area (Å²) in [6.07, 6.45) is 5.28. The Morgan fingerprint density at radius 1 is 1.50 bits per heavy atom. The summed E-state index contributed by atoms with van der Waals surface area (Å²) in [5.41, 5.74) is 3.02. The number of amides is 1. The lowest BCUT2D eigenvalue weighted by molar-refractivity contribution is -0.121. The van der Waals surface area contributed by atoms with Gasteiger partial charge in [-0.05, 0) is 6.92 Å². The van der Waals surface area contributed by atoms with Crippen LogP contribution in [0.25, 0.3) is 0 Å². The van der Waals surface area contributed by atoms with E-state index in [1.807, 2.05) is 6.92 Å². The van der Waals surface area contributed by atoms with Gasteiger partial charge in [0.05, 0.1) is 18.1 Å². The van der Waals surface area contributed by atoms with Gasteiger partial charge >= 0.3 is 0 Å². The molecule has 7 heteroatoms. The molecule has 0 unspecified atom stereocenters. The van der Waals surface area contributed by atoms with Crippen molar-refractivity contribution in [2.45, 2.75) is 20.0 Å². The van der Waals surface area contributed by atoms with E-state index in [4.69, 9.17) is 0 Å². The van der Waals surface area contributed by atoms with Crippen LogP contribution in [-0.2, 0) is 17.9 Å². The zero-order valence-electron chi connectivity index (χ0n) is 10.4. The van der Waals surface area contributed by atoms with Crippen molar-refractivity contribution in [1.82, 2.24) is 25.3 Å². The highest BCUT2D eigenvalue weighted by Crippen LogP contribution is 2.09. The number of aromatic nitrogens is 4. The second kappa shape index (κ2) is 5.35. The van der Waals surface area contributed by atoms with Gasteiger partial charge in [0.1, 0.15) is 6.54 Å². The number of rotatable bonds is 5. The standard InChI is InChI=1S/C11H16N6O/c1-8-9(4-14-16-8)3-13-10-5-15-17(6-10)7-11(18)12-2/h4-6,13H,3,7H2,1-2H3,(H,12,18)(H,14,16). The molecule has 0 spiro atoms. The molecule has 7 nitrogen and oxygen atoms in total. The van der Waals surface area contributed by atoms with Crippen LogP contribution in [0.4, 0.5) is 5.69 Å². The number of aryl methyl sites for hydroxylation is 1. The van der Waals surface area contributed by atoms with Crippen LogP contribution < -0.4 is 10.6 Å². The molecule has 96 valence electrons. The number of hydrogen-bond donors (Lipinski definition) is 3. The lowest BCUT2D eigenvalue weighted by Gasteiger charge is -2.02. The maximum atomic E-state index is 11.2. The number of H-pyrrole nitrogens is 1. The van der Waals surface area contributed by atoms with Gasteiger partial charge in [-0.15, -0.1) is 0 Å². The largest absolute Gasteiger partial charge is 0.378 e. The van der Waals surface area contributed by atoms with Crippen molar-refractivity contribution in [3.05, 3.63) is 29.8 Å². The summed E-state index contributed by atoms with van der Waals surface area (Å²) in [7, 11) is 1.60. The molecule has 2 heterocycles. The lowest BCUT2D eigenvalue weighted by Crippen LogP contribution is -2.23. The van der Waals surface area contributed by atoms with Crippen LogP contribution in [0.5, 0.6) is 0 Å². The first-order chi connectivity index (χ1) is 8.69. The Hall–Kier alpha value is -2.31. The first-order valence-corrected chi connectivity index (χ1v) is 5.65. The molecule has 2 rings (SSSR count). The van der Waals surface area contributed by atoms with Crippen LogP contribution in [0.3, 0.4) is 0 Å². The third-order valence-electron chi connectivity index (χ3n) is 2.63. The Kier molecular flexibility index (Phi) is 3.61. The molecule has 3 N–H and O–H groups in total. The van der Waals surface area contributed by atoms with Crippen molar-refractivity contribution in [2.75, 3.05) is 12.4 Å². The van der Waals surface area contributed by atoms with E-state index in [9.17, 15) is 4.79 Å². The molecule has 0 saturated carbocycles. The Labute approximate surface area is 105 Å². The van der Waals surface area contributed by atoms with E-state index in [0.717, 1.165) is 16.9 Å². The number of anilines is 1. The van der Waals surface area contributed by atoms with Gasteiger partial charge in [0, 0.05) is 31.0 Å². The molecule has 0 fully saturated rings. The molecule has 0 saturated heterocycles. The van der Waals surface area contributed by atoms with Crippen molar-refractivity contribution in [3.63, 3.8) is 0 Å². The van der Waals surface area contributed by atoms with Crippen LogP contribution in [0, 0.1) is 6.92 Å². The Morgan fingerprint density at radius 2 is 2.33 bits per heavy atom. The molecule has 1 amide bonds. The van der Waals surface area contributed by atoms with Crippen LogP contribution in [0.15, 0.2) is 18.6 Å². The zero-order valence-corrected chi connectivity index (χ0v) is 10.4. The quantitative estimate of drug-likeness (QED) is 0.709. The van der Waals surface area contributed by atoms with Crippen molar-refractivity contribution in [2.24, 2.45) is 0 Å². The molecule has 2 aromatic heterocycles. The van der Waals surface area contributed by atoms with E-state index in [0.29, 0.717) is 6.54 Å². The fourth-order valence-corrected chi connectivity index (χ4v) is 1.52. The minimum atomic E-state index is -0.0738. The number of nitrogens with zero attached hydrogens (tertiary/aromatic N) is 3. The summed E-state index contributed by atoms with van der Waals surface area (Å²) in [5, 5.41) is 16.7. The maximum absolute atomic E-state index is 11.2. The number of carbonyl (C=O) groups is 1. The third kappa shape index (κ3) is 2.88. The van der Waals surface area contributed by atoms with E-state index in [-0.39, 0.29) is 12.5 Å². The number of hydrogen-bond acceptors (Lipinski definition) is 4. The molecule has 18 heavy (non-hydrogen) atoms. The van der Waals surface area contributed by atoms with Gasteiger partial charge in [-0.3, -0.25) is 14.6 Å². The van der Waals surface area contributed by atoms with E-state index in [2.05, 4.69) is 25.9 Å². The number of carbonyl (C=O) groups excluding carboxylic acids is 1. The van der Waals surface area contributed by atoms with E-state index in [1.165, 1.54) is 0 Å². The van der Waals surface area contributed by atoms with Crippen molar-refractivity contribution in [3.8, 4) is 0 Å². The second-order valence-electron chi connectivity index (χ2n) is 3.97. The molecule has 0 bridgehead atoms. The first kappa shape index (κ1) is 12.2. The first-order valence-electron chi connectivity index (χ1n) is 5.65. The van der Waals surface area contributed by atoms with Gasteiger partial charge in [-0.25, -0.2) is 0 Å². The zero-order chi connectivity index (χ0) is 13.0. The van der Waals surface area contributed by atoms with Gasteiger partial charge in [0.2, 0.25) is 5.91 Å². The fourth-order valence-electron chi connectivity index (χ4n) is 1.52. The molecular formula is C11H16N6O. The number of nitrogens with one attached hydrogen (secondary N) is 3. The summed E-state index contributed by atoms with van der Waals surface area (Å²) < 4.78 is 1.59. The molecule has 0 atom stereocenters. The van der Waals surface area contributed by atoms with Crippen molar-refractivity contribution >= 4 is 11.6 Å². The SMILES string of the molecule is CNC(=O)Cn1cc(NCc2cn[nH]c2C)cn1. The molecular weight excluding hydrogens is 232 g/mol. The highest BCUT2D eigenvalue weighted by atomic mass is 16.1. The van der Waals surface area contributed by atoms with Gasteiger partial charge in [0.25, 0.3) is 0 Å². The highest BCUT2D eigenvalue weighted by Gasteiger charge is 2.04. The molecule has 0 aliphatic rings. The smallest absolute Gasteiger partial charge is 0.241 e. The van der Waals surface area contributed by atoms with Gasteiger partial charge in [-0.1, -0.05) is 0 Å². The summed E-state index contributed by atoms with van der Waals surface area (Å²) in [5.74, 6) is -0.0738. The van der Waals surface area contributed by atoms with E-state index < -0.39 is 0 Å². The average Bonchev–Trinajstić information content (AvgIpc) is 2.96. The van der Waals surface area contributed by atoms with Crippen LogP contribution in [0.1, 0.15) is 11.3 Å². The monoisotopic (exact) mass is 248 g/mol. The van der Waals surface area contributed by atoms with Gasteiger partial charge in [0.15, 0.2) is 0 Å². The second-order valence-corrected chi connectivity index (χ2v) is 3.97. The van der Waals surface area contributed by atoms with Gasteiger partial charge in [-0.2, -0.15) is 10.2 Å². The Morgan fingerprint density at radius 3 is 3.00 bits per heavy atom. The highest BCUT2D eigenvalue weighted by molar-refractivity contribution is 5.75. The minimum Gasteiger partial charge on any atom is -0.378 e. The molecule has 0 aliphatic carbocycles. The van der Waals surface area contributed by atoms with Crippen molar-refractivity contribution in [1.29, 1.82) is 0 Å². The van der Waals surface area contributed by atoms with Gasteiger partial charge < -0.3 is 10.6 Å². The predicted molar refractivity (Wildman–Crippen MR) is 66.9 cm³/mol. The van der Waals surface area contributed by atoms with E-state index >= 15 is 0 Å². The van der Waals surface area contributed by atoms with Crippen molar-refractivity contribution < 1.29 is 4.79 Å². The third-order valence-corrected chi connectivity index (χ3v) is 2.63. The topological polar surface area (TPSA) is 87.6 Å². The average molecular weight is 248 g/mol. The van der Waals surface area contributed by atoms with Crippen LogP contribution >= 0.6 is 0 Å². The molecule has 2 aromatic rings. The predicted octanol–water partition coefficient (Wildman–Crippen LogP) is 0.273. The lowest BCUT2D eigenvalue weighted by atomic mass is 10.2. The normalized spacial score (nSPS) is 10.3. The van der Waals surface area contributed by atoms with Crippen LogP contribution in [0.2, 0.25) is 0 Å².